The van der Waals surface area contributed by atoms with E-state index in [9.17, 15) is 4.39 Å². The Morgan fingerprint density at radius 3 is 2.82 bits per heavy atom. The first-order chi connectivity index (χ1) is 10.8. The zero-order valence-electron chi connectivity index (χ0n) is 11.6. The number of hydrogen-bond donors (Lipinski definition) is 0. The van der Waals surface area contributed by atoms with Crippen LogP contribution in [0.1, 0.15) is 5.69 Å². The third kappa shape index (κ3) is 2.14. The second kappa shape index (κ2) is 5.07. The van der Waals surface area contributed by atoms with E-state index in [1.165, 1.54) is 6.07 Å². The minimum atomic E-state index is -0.384. The zero-order valence-corrected chi connectivity index (χ0v) is 11.6. The van der Waals surface area contributed by atoms with E-state index in [4.69, 9.17) is 0 Å². The van der Waals surface area contributed by atoms with E-state index >= 15 is 0 Å². The molecule has 4 heterocycles. The minimum Gasteiger partial charge on any atom is -0.324 e. The maximum absolute atomic E-state index is 13.9. The van der Waals surface area contributed by atoms with Gasteiger partial charge < -0.3 is 8.97 Å². The van der Waals surface area contributed by atoms with Crippen molar-refractivity contribution in [3.63, 3.8) is 0 Å². The molecule has 0 unspecified atom stereocenters. The standard InChI is InChI=1S/C16H12FN5/c17-13-4-3-6-18-15(13)16-19-7-9-22(16)11-12-10-21-8-2-1-5-14(21)20-12/h1-10H,11H2. The van der Waals surface area contributed by atoms with Gasteiger partial charge in [0.2, 0.25) is 0 Å². The molecule has 0 aliphatic carbocycles. The first-order valence-electron chi connectivity index (χ1n) is 6.86. The van der Waals surface area contributed by atoms with E-state index in [1.807, 2.05) is 39.6 Å². The fraction of sp³-hybridized carbons (Fsp3) is 0.0625. The molecule has 108 valence electrons. The van der Waals surface area contributed by atoms with Crippen molar-refractivity contribution in [1.82, 2.24) is 23.9 Å². The molecule has 4 rings (SSSR count). The summed E-state index contributed by atoms with van der Waals surface area (Å²) in [6.07, 6.45) is 8.89. The van der Waals surface area contributed by atoms with Gasteiger partial charge in [-0.15, -0.1) is 0 Å². The summed E-state index contributed by atoms with van der Waals surface area (Å²) in [5, 5.41) is 0. The number of fused-ring (bicyclic) bond motifs is 1. The summed E-state index contributed by atoms with van der Waals surface area (Å²) in [4.78, 5) is 12.9. The Balaban J connectivity index is 1.72. The Bertz CT molecular complexity index is 907. The van der Waals surface area contributed by atoms with Gasteiger partial charge >= 0.3 is 0 Å². The normalized spacial score (nSPS) is 11.1. The van der Waals surface area contributed by atoms with Crippen molar-refractivity contribution in [2.45, 2.75) is 6.54 Å². The van der Waals surface area contributed by atoms with Crippen LogP contribution in [0, 0.1) is 5.82 Å². The summed E-state index contributed by atoms with van der Waals surface area (Å²) in [5.41, 5.74) is 2.00. The van der Waals surface area contributed by atoms with E-state index in [0.717, 1.165) is 11.3 Å². The molecular weight excluding hydrogens is 281 g/mol. The first kappa shape index (κ1) is 12.7. The number of rotatable bonds is 3. The molecule has 0 amide bonds. The molecule has 0 atom stereocenters. The van der Waals surface area contributed by atoms with Gasteiger partial charge in [0.05, 0.1) is 12.2 Å². The molecule has 6 heteroatoms. The Morgan fingerprint density at radius 1 is 1.00 bits per heavy atom. The minimum absolute atomic E-state index is 0.247. The van der Waals surface area contributed by atoms with Crippen molar-refractivity contribution >= 4 is 5.65 Å². The predicted octanol–water partition coefficient (Wildman–Crippen LogP) is 2.78. The molecule has 0 saturated heterocycles. The summed E-state index contributed by atoms with van der Waals surface area (Å²) in [5.74, 6) is 0.111. The molecule has 0 N–H and O–H groups in total. The Hall–Kier alpha value is -3.02. The van der Waals surface area contributed by atoms with E-state index in [2.05, 4.69) is 15.0 Å². The van der Waals surface area contributed by atoms with Crippen LogP contribution in [-0.2, 0) is 6.54 Å². The molecule has 22 heavy (non-hydrogen) atoms. The number of halogens is 1. The number of imidazole rings is 2. The van der Waals surface area contributed by atoms with Crippen LogP contribution in [0.2, 0.25) is 0 Å². The number of aromatic nitrogens is 5. The highest BCUT2D eigenvalue weighted by molar-refractivity contribution is 5.50. The summed E-state index contributed by atoms with van der Waals surface area (Å²) >= 11 is 0. The summed E-state index contributed by atoms with van der Waals surface area (Å²) in [6, 6.07) is 8.78. The van der Waals surface area contributed by atoms with Crippen molar-refractivity contribution in [3.8, 4) is 11.5 Å². The summed E-state index contributed by atoms with van der Waals surface area (Å²) < 4.78 is 17.7. The highest BCUT2D eigenvalue weighted by Crippen LogP contribution is 2.19. The summed E-state index contributed by atoms with van der Waals surface area (Å²) in [7, 11) is 0. The Labute approximate surface area is 125 Å². The van der Waals surface area contributed by atoms with E-state index in [-0.39, 0.29) is 11.5 Å². The van der Waals surface area contributed by atoms with Crippen LogP contribution in [0.4, 0.5) is 4.39 Å². The monoisotopic (exact) mass is 293 g/mol. The SMILES string of the molecule is Fc1cccnc1-c1nccn1Cc1cn2ccccc2n1. The molecule has 0 bridgehead atoms. The quantitative estimate of drug-likeness (QED) is 0.583. The van der Waals surface area contributed by atoms with Crippen LogP contribution < -0.4 is 0 Å². The van der Waals surface area contributed by atoms with Crippen molar-refractivity contribution in [3.05, 3.63) is 72.8 Å². The molecule has 0 aliphatic heterocycles. The molecule has 0 spiro atoms. The van der Waals surface area contributed by atoms with Gasteiger partial charge in [-0.05, 0) is 24.3 Å². The Kier molecular flexibility index (Phi) is 2.93. The topological polar surface area (TPSA) is 48.0 Å². The van der Waals surface area contributed by atoms with Crippen LogP contribution in [0.5, 0.6) is 0 Å². The van der Waals surface area contributed by atoms with Crippen LogP contribution in [0.25, 0.3) is 17.2 Å². The number of pyridine rings is 2. The average molecular weight is 293 g/mol. The molecule has 0 aromatic carbocycles. The van der Waals surface area contributed by atoms with Gasteiger partial charge in [-0.25, -0.2) is 19.3 Å². The predicted molar refractivity (Wildman–Crippen MR) is 79.7 cm³/mol. The van der Waals surface area contributed by atoms with Crippen LogP contribution in [0.15, 0.2) is 61.3 Å². The van der Waals surface area contributed by atoms with Crippen LogP contribution in [-0.4, -0.2) is 23.9 Å². The van der Waals surface area contributed by atoms with Crippen molar-refractivity contribution in [2.24, 2.45) is 0 Å². The average Bonchev–Trinajstić information content (AvgIpc) is 3.14. The summed E-state index contributed by atoms with van der Waals surface area (Å²) in [6.45, 7) is 0.507. The molecule has 0 aliphatic rings. The molecule has 0 saturated carbocycles. The van der Waals surface area contributed by atoms with Gasteiger partial charge in [-0.1, -0.05) is 6.07 Å². The van der Waals surface area contributed by atoms with Crippen LogP contribution >= 0.6 is 0 Å². The van der Waals surface area contributed by atoms with Gasteiger partial charge in [0, 0.05) is 31.0 Å². The highest BCUT2D eigenvalue weighted by atomic mass is 19.1. The maximum atomic E-state index is 13.9. The van der Waals surface area contributed by atoms with E-state index < -0.39 is 0 Å². The number of nitrogens with zero attached hydrogens (tertiary/aromatic N) is 5. The van der Waals surface area contributed by atoms with Gasteiger partial charge in [0.25, 0.3) is 0 Å². The smallest absolute Gasteiger partial charge is 0.162 e. The van der Waals surface area contributed by atoms with Gasteiger partial charge in [0.15, 0.2) is 11.6 Å². The largest absolute Gasteiger partial charge is 0.324 e. The molecule has 4 aromatic rings. The first-order valence-corrected chi connectivity index (χ1v) is 6.86. The molecule has 0 fully saturated rings. The third-order valence-corrected chi connectivity index (χ3v) is 3.43. The fourth-order valence-electron chi connectivity index (χ4n) is 2.44. The van der Waals surface area contributed by atoms with Crippen molar-refractivity contribution in [2.75, 3.05) is 0 Å². The molecule has 5 nitrogen and oxygen atoms in total. The van der Waals surface area contributed by atoms with Gasteiger partial charge in [-0.2, -0.15) is 0 Å². The Morgan fingerprint density at radius 2 is 1.95 bits per heavy atom. The lowest BCUT2D eigenvalue weighted by Crippen LogP contribution is -2.03. The number of hydrogen-bond acceptors (Lipinski definition) is 3. The van der Waals surface area contributed by atoms with E-state index in [1.54, 1.807) is 24.7 Å². The van der Waals surface area contributed by atoms with E-state index in [0.29, 0.717) is 12.4 Å². The van der Waals surface area contributed by atoms with Crippen molar-refractivity contribution in [1.29, 1.82) is 0 Å². The molecular formula is C16H12FN5. The lowest BCUT2D eigenvalue weighted by atomic mass is 10.3. The van der Waals surface area contributed by atoms with Crippen molar-refractivity contribution < 1.29 is 4.39 Å². The van der Waals surface area contributed by atoms with Crippen LogP contribution in [0.3, 0.4) is 0 Å². The van der Waals surface area contributed by atoms with Gasteiger partial charge in [0.1, 0.15) is 11.3 Å². The third-order valence-electron chi connectivity index (χ3n) is 3.43. The second-order valence-electron chi connectivity index (χ2n) is 4.91. The molecule has 0 radical (unpaired) electrons. The zero-order chi connectivity index (χ0) is 14.9. The van der Waals surface area contributed by atoms with Gasteiger partial charge in [-0.3, -0.25) is 0 Å². The lowest BCUT2D eigenvalue weighted by Gasteiger charge is -2.06. The second-order valence-corrected chi connectivity index (χ2v) is 4.91. The fourth-order valence-corrected chi connectivity index (χ4v) is 2.44. The lowest BCUT2D eigenvalue weighted by molar-refractivity contribution is 0.621. The highest BCUT2D eigenvalue weighted by Gasteiger charge is 2.13. The molecule has 4 aromatic heterocycles. The maximum Gasteiger partial charge on any atom is 0.162 e.